The van der Waals surface area contributed by atoms with Gasteiger partial charge in [-0.25, -0.2) is 4.39 Å². The number of hydrogen-bond donors (Lipinski definition) is 2. The average molecular weight is 587 g/mol. The molecule has 2 atom stereocenters. The Bertz CT molecular complexity index is 1600. The standard InChI is InChI=1S/C33H39FN6O3/c1-2-24-26(34)8-5-20-15-23(41)16-27(28(20)24)39-14-9-25-29(31(39)42)36-32(43-19-33-10-3-12-38(33)13-4-11-33)37-30(25)40-18-21-6-7-22(40)17-35-21/h5,8,15-16,21-22,35,41H,2-4,6-7,9-14,17-19H2,1H3. The number of hydrogen-bond acceptors (Lipinski definition) is 8. The molecule has 3 aromatic rings. The topological polar surface area (TPSA) is 94.1 Å². The number of piperidine rings is 2. The summed E-state index contributed by atoms with van der Waals surface area (Å²) in [5.74, 6) is 0.274. The molecule has 1 aromatic heterocycles. The predicted octanol–water partition coefficient (Wildman–Crippen LogP) is 4.19. The highest BCUT2D eigenvalue weighted by molar-refractivity contribution is 6.13. The van der Waals surface area contributed by atoms with Gasteiger partial charge in [0.25, 0.3) is 5.91 Å². The van der Waals surface area contributed by atoms with E-state index in [4.69, 9.17) is 14.7 Å². The van der Waals surface area contributed by atoms with E-state index in [0.717, 1.165) is 63.2 Å². The number of anilines is 2. The zero-order valence-electron chi connectivity index (χ0n) is 24.7. The molecule has 0 aliphatic carbocycles. The first-order valence-corrected chi connectivity index (χ1v) is 16.0. The van der Waals surface area contributed by atoms with Gasteiger partial charge >= 0.3 is 6.01 Å². The minimum absolute atomic E-state index is 0.0324. The van der Waals surface area contributed by atoms with Crippen LogP contribution in [0.3, 0.4) is 0 Å². The molecule has 7 heterocycles. The first-order valence-electron chi connectivity index (χ1n) is 16.0. The number of phenols is 1. The molecule has 5 saturated heterocycles. The Kier molecular flexibility index (Phi) is 6.49. The Morgan fingerprint density at radius 3 is 2.70 bits per heavy atom. The third-order valence-corrected chi connectivity index (χ3v) is 10.7. The van der Waals surface area contributed by atoms with Gasteiger partial charge in [-0.05, 0) is 87.5 Å². The summed E-state index contributed by atoms with van der Waals surface area (Å²) in [4.78, 5) is 30.8. The van der Waals surface area contributed by atoms with E-state index < -0.39 is 0 Å². The highest BCUT2D eigenvalue weighted by Crippen LogP contribution is 2.41. The van der Waals surface area contributed by atoms with Crippen LogP contribution in [0.25, 0.3) is 10.8 Å². The summed E-state index contributed by atoms with van der Waals surface area (Å²) in [6.07, 6.45) is 7.83. The third-order valence-electron chi connectivity index (χ3n) is 10.7. The molecule has 9 nitrogen and oxygen atoms in total. The van der Waals surface area contributed by atoms with E-state index in [-0.39, 0.29) is 29.0 Å². The molecule has 9 rings (SSSR count). The maximum absolute atomic E-state index is 15.0. The van der Waals surface area contributed by atoms with E-state index in [9.17, 15) is 14.3 Å². The highest BCUT2D eigenvalue weighted by atomic mass is 19.1. The van der Waals surface area contributed by atoms with Crippen LogP contribution in [0, 0.1) is 5.82 Å². The van der Waals surface area contributed by atoms with Crippen LogP contribution in [0.4, 0.5) is 15.9 Å². The molecule has 2 aromatic carbocycles. The minimum Gasteiger partial charge on any atom is -0.508 e. The van der Waals surface area contributed by atoms with E-state index in [0.29, 0.717) is 65.8 Å². The first-order chi connectivity index (χ1) is 20.9. The van der Waals surface area contributed by atoms with Crippen LogP contribution in [0.2, 0.25) is 0 Å². The number of halogens is 1. The summed E-state index contributed by atoms with van der Waals surface area (Å²) in [7, 11) is 0. The molecular formula is C33H39FN6O3. The molecule has 2 unspecified atom stereocenters. The van der Waals surface area contributed by atoms with Crippen molar-refractivity contribution >= 4 is 28.2 Å². The van der Waals surface area contributed by atoms with E-state index in [1.165, 1.54) is 18.9 Å². The van der Waals surface area contributed by atoms with Crippen LogP contribution in [0.1, 0.15) is 67.1 Å². The lowest BCUT2D eigenvalue weighted by Crippen LogP contribution is -2.61. The summed E-state index contributed by atoms with van der Waals surface area (Å²) in [6, 6.07) is 7.27. The Balaban J connectivity index is 1.21. The number of carbonyl (C=O) groups is 1. The minimum atomic E-state index is -0.312. The molecule has 0 radical (unpaired) electrons. The van der Waals surface area contributed by atoms with Crippen molar-refractivity contribution in [3.8, 4) is 11.8 Å². The number of aromatic nitrogens is 2. The fourth-order valence-electron chi connectivity index (χ4n) is 8.51. The summed E-state index contributed by atoms with van der Waals surface area (Å²) in [5, 5.41) is 15.6. The van der Waals surface area contributed by atoms with Gasteiger partial charge in [-0.3, -0.25) is 9.69 Å². The lowest BCUT2D eigenvalue weighted by Gasteiger charge is -2.47. The normalized spacial score (nSPS) is 24.6. The van der Waals surface area contributed by atoms with E-state index in [1.54, 1.807) is 23.1 Å². The molecule has 43 heavy (non-hydrogen) atoms. The second kappa shape index (κ2) is 10.3. The van der Waals surface area contributed by atoms with Crippen LogP contribution >= 0.6 is 0 Å². The molecule has 6 aliphatic rings. The fourth-order valence-corrected chi connectivity index (χ4v) is 8.51. The number of nitrogens with zero attached hydrogens (tertiary/aromatic N) is 5. The van der Waals surface area contributed by atoms with Gasteiger partial charge in [0.15, 0.2) is 0 Å². The van der Waals surface area contributed by atoms with E-state index in [1.807, 2.05) is 6.92 Å². The van der Waals surface area contributed by atoms with Gasteiger partial charge in [0, 0.05) is 48.7 Å². The Morgan fingerprint density at radius 1 is 1.14 bits per heavy atom. The zero-order valence-corrected chi connectivity index (χ0v) is 24.7. The summed E-state index contributed by atoms with van der Waals surface area (Å²) >= 11 is 0. The first kappa shape index (κ1) is 27.1. The third kappa shape index (κ3) is 4.36. The zero-order chi connectivity index (χ0) is 29.3. The van der Waals surface area contributed by atoms with Crippen LogP contribution in [-0.4, -0.2) is 82.8 Å². The number of ether oxygens (including phenoxy) is 1. The largest absolute Gasteiger partial charge is 0.508 e. The number of benzene rings is 2. The molecule has 2 N–H and O–H groups in total. The van der Waals surface area contributed by atoms with Crippen LogP contribution in [0.5, 0.6) is 11.8 Å². The smallest absolute Gasteiger partial charge is 0.319 e. The number of amides is 1. The van der Waals surface area contributed by atoms with Crippen molar-refractivity contribution in [1.29, 1.82) is 0 Å². The number of carbonyl (C=O) groups excluding carboxylic acids is 1. The van der Waals surface area contributed by atoms with E-state index >= 15 is 0 Å². The highest BCUT2D eigenvalue weighted by Gasteiger charge is 2.45. The number of aromatic hydroxyl groups is 1. The Labute approximate surface area is 251 Å². The van der Waals surface area contributed by atoms with E-state index in [2.05, 4.69) is 15.1 Å². The number of phenolic OH excluding ortho intramolecular Hbond substituents is 1. The van der Waals surface area contributed by atoms with Crippen molar-refractivity contribution in [3.63, 3.8) is 0 Å². The van der Waals surface area contributed by atoms with Gasteiger partial charge in [-0.15, -0.1) is 0 Å². The molecule has 0 saturated carbocycles. The van der Waals surface area contributed by atoms with Crippen LogP contribution < -0.4 is 19.9 Å². The molecule has 1 amide bonds. The van der Waals surface area contributed by atoms with Crippen molar-refractivity contribution in [2.75, 3.05) is 49.1 Å². The van der Waals surface area contributed by atoms with Gasteiger partial charge in [0.1, 0.15) is 29.7 Å². The quantitative estimate of drug-likeness (QED) is 0.444. The number of nitrogens with one attached hydrogen (secondary N) is 1. The SMILES string of the molecule is CCc1c(F)ccc2cc(O)cc(N3CCc4c(nc(OCC56CCCN5CCC6)nc4N4CC5CCC4CN5)C3=O)c12. The predicted molar refractivity (Wildman–Crippen MR) is 163 cm³/mol. The summed E-state index contributed by atoms with van der Waals surface area (Å²) in [6.45, 7) is 6.77. The molecule has 6 aliphatic heterocycles. The molecule has 10 heteroatoms. The summed E-state index contributed by atoms with van der Waals surface area (Å²) < 4.78 is 21.4. The van der Waals surface area contributed by atoms with Crippen molar-refractivity contribution < 1.29 is 19.0 Å². The molecule has 0 spiro atoms. The maximum atomic E-state index is 15.0. The second-order valence-electron chi connectivity index (χ2n) is 13.0. The number of rotatable bonds is 6. The maximum Gasteiger partial charge on any atom is 0.319 e. The fraction of sp³-hybridized carbons (Fsp3) is 0.545. The molecular weight excluding hydrogens is 547 g/mol. The van der Waals surface area contributed by atoms with Crippen molar-refractivity contribution in [2.24, 2.45) is 0 Å². The average Bonchev–Trinajstić information content (AvgIpc) is 3.61. The second-order valence-corrected chi connectivity index (χ2v) is 13.0. The van der Waals surface area contributed by atoms with Gasteiger partial charge in [-0.1, -0.05) is 13.0 Å². The molecule has 226 valence electrons. The monoisotopic (exact) mass is 586 g/mol. The van der Waals surface area contributed by atoms with Crippen LogP contribution in [0.15, 0.2) is 24.3 Å². The van der Waals surface area contributed by atoms with Gasteiger partial charge in [0.05, 0.1) is 11.2 Å². The number of piperazine rings is 1. The van der Waals surface area contributed by atoms with Gasteiger partial charge in [0.2, 0.25) is 0 Å². The van der Waals surface area contributed by atoms with Crippen molar-refractivity contribution in [2.45, 2.75) is 75.9 Å². The van der Waals surface area contributed by atoms with Gasteiger partial charge in [-0.2, -0.15) is 9.97 Å². The summed E-state index contributed by atoms with van der Waals surface area (Å²) in [5.41, 5.74) is 2.28. The number of aryl methyl sites for hydroxylation is 1. The number of fused-ring (bicyclic) bond motifs is 6. The molecule has 2 bridgehead atoms. The Hall–Kier alpha value is -3.50. The lowest BCUT2D eigenvalue weighted by atomic mass is 9.91. The van der Waals surface area contributed by atoms with Crippen molar-refractivity contribution in [3.05, 3.63) is 46.9 Å². The lowest BCUT2D eigenvalue weighted by molar-refractivity contribution is 0.0963. The van der Waals surface area contributed by atoms with Gasteiger partial charge < -0.3 is 25.0 Å². The van der Waals surface area contributed by atoms with Crippen LogP contribution in [-0.2, 0) is 12.8 Å². The Morgan fingerprint density at radius 2 is 1.98 bits per heavy atom. The molecule has 5 fully saturated rings. The van der Waals surface area contributed by atoms with Crippen molar-refractivity contribution in [1.82, 2.24) is 20.2 Å².